The number of aryl methyl sites for hydroxylation is 1. The first-order chi connectivity index (χ1) is 9.60. The Kier molecular flexibility index (Phi) is 4.60. The highest BCUT2D eigenvalue weighted by Crippen LogP contribution is 2.35. The summed E-state index contributed by atoms with van der Waals surface area (Å²) in [6.45, 7) is 9.26. The van der Waals surface area contributed by atoms with Crippen LogP contribution in [0, 0.1) is 6.92 Å². The maximum atomic E-state index is 5.76. The lowest BCUT2D eigenvalue weighted by atomic mass is 9.96. The van der Waals surface area contributed by atoms with Crippen molar-refractivity contribution < 1.29 is 4.74 Å². The fourth-order valence-electron chi connectivity index (χ4n) is 2.49. The van der Waals surface area contributed by atoms with Gasteiger partial charge in [0.2, 0.25) is 0 Å². The summed E-state index contributed by atoms with van der Waals surface area (Å²) in [6, 6.07) is 2.15. The molecule has 2 aromatic rings. The Hall–Kier alpha value is -1.20. The molecule has 2 rings (SSSR count). The maximum absolute atomic E-state index is 5.76. The van der Waals surface area contributed by atoms with Crippen molar-refractivity contribution in [3.63, 3.8) is 0 Å². The molecule has 0 atom stereocenters. The Morgan fingerprint density at radius 3 is 2.50 bits per heavy atom. The van der Waals surface area contributed by atoms with Gasteiger partial charge in [-0.2, -0.15) is 0 Å². The largest absolute Gasteiger partial charge is 0.370 e. The SMILES string of the molecule is CCNc1nc(C(CC)(CC)OC)nc2sc(C)cc12. The van der Waals surface area contributed by atoms with Crippen molar-refractivity contribution in [2.24, 2.45) is 0 Å². The summed E-state index contributed by atoms with van der Waals surface area (Å²) < 4.78 is 5.76. The first-order valence-electron chi connectivity index (χ1n) is 7.17. The minimum Gasteiger partial charge on any atom is -0.370 e. The average Bonchev–Trinajstić information content (AvgIpc) is 2.82. The van der Waals surface area contributed by atoms with Crippen LogP contribution in [0.1, 0.15) is 44.3 Å². The summed E-state index contributed by atoms with van der Waals surface area (Å²) in [6.07, 6.45) is 1.73. The van der Waals surface area contributed by atoms with E-state index in [1.165, 1.54) is 4.88 Å². The number of nitrogens with zero attached hydrogens (tertiary/aromatic N) is 2. The second-order valence-electron chi connectivity index (χ2n) is 4.91. The standard InChI is InChI=1S/C15H23N3OS/c1-6-15(7-2,19-5)14-17-12(16-8-3)11-9-10(4)20-13(11)18-14/h9H,6-8H2,1-5H3,(H,16,17,18). The molecular formula is C15H23N3OS. The topological polar surface area (TPSA) is 47.0 Å². The van der Waals surface area contributed by atoms with Gasteiger partial charge in [0.25, 0.3) is 0 Å². The number of thiophene rings is 1. The Morgan fingerprint density at radius 2 is 1.95 bits per heavy atom. The van der Waals surface area contributed by atoms with E-state index in [1.807, 2.05) is 0 Å². The predicted molar refractivity (Wildman–Crippen MR) is 85.6 cm³/mol. The molecule has 1 N–H and O–H groups in total. The fourth-order valence-corrected chi connectivity index (χ4v) is 3.37. The number of methoxy groups -OCH3 is 1. The Labute approximate surface area is 124 Å². The third-order valence-corrected chi connectivity index (χ3v) is 4.75. The molecule has 0 aliphatic carbocycles. The maximum Gasteiger partial charge on any atom is 0.164 e. The van der Waals surface area contributed by atoms with Crippen LogP contribution in [0.5, 0.6) is 0 Å². The first-order valence-corrected chi connectivity index (χ1v) is 7.99. The van der Waals surface area contributed by atoms with Crippen LogP contribution in [-0.4, -0.2) is 23.6 Å². The highest BCUT2D eigenvalue weighted by molar-refractivity contribution is 7.18. The molecule has 0 aromatic carbocycles. The van der Waals surface area contributed by atoms with E-state index in [4.69, 9.17) is 14.7 Å². The summed E-state index contributed by atoms with van der Waals surface area (Å²) in [5.41, 5.74) is -0.393. The number of ether oxygens (including phenoxy) is 1. The van der Waals surface area contributed by atoms with Crippen molar-refractivity contribution in [3.05, 3.63) is 16.8 Å². The molecular weight excluding hydrogens is 270 g/mol. The smallest absolute Gasteiger partial charge is 0.164 e. The van der Waals surface area contributed by atoms with Gasteiger partial charge in [0.1, 0.15) is 16.2 Å². The number of hydrogen-bond donors (Lipinski definition) is 1. The van der Waals surface area contributed by atoms with E-state index in [2.05, 4.69) is 39.1 Å². The van der Waals surface area contributed by atoms with Crippen molar-refractivity contribution >= 4 is 27.4 Å². The molecule has 0 fully saturated rings. The van der Waals surface area contributed by atoms with Crippen molar-refractivity contribution in [1.29, 1.82) is 0 Å². The molecule has 2 aromatic heterocycles. The van der Waals surface area contributed by atoms with Crippen LogP contribution in [0.25, 0.3) is 10.2 Å². The van der Waals surface area contributed by atoms with E-state index in [9.17, 15) is 0 Å². The number of aromatic nitrogens is 2. The van der Waals surface area contributed by atoms with Gasteiger partial charge >= 0.3 is 0 Å². The van der Waals surface area contributed by atoms with Gasteiger partial charge in [-0.15, -0.1) is 11.3 Å². The molecule has 0 aliphatic heterocycles. The second kappa shape index (κ2) is 6.06. The van der Waals surface area contributed by atoms with Gasteiger partial charge in [-0.1, -0.05) is 13.8 Å². The quantitative estimate of drug-likeness (QED) is 0.871. The second-order valence-corrected chi connectivity index (χ2v) is 6.14. The Morgan fingerprint density at radius 1 is 1.25 bits per heavy atom. The lowest BCUT2D eigenvalue weighted by Gasteiger charge is -2.28. The molecule has 0 saturated carbocycles. The van der Waals surface area contributed by atoms with Gasteiger partial charge in [-0.3, -0.25) is 0 Å². The van der Waals surface area contributed by atoms with E-state index in [0.717, 1.165) is 41.2 Å². The zero-order chi connectivity index (χ0) is 14.8. The molecule has 2 heterocycles. The lowest BCUT2D eigenvalue weighted by molar-refractivity contribution is -0.0287. The number of nitrogens with one attached hydrogen (secondary N) is 1. The van der Waals surface area contributed by atoms with Crippen LogP contribution < -0.4 is 5.32 Å². The van der Waals surface area contributed by atoms with E-state index in [0.29, 0.717) is 0 Å². The highest BCUT2D eigenvalue weighted by Gasteiger charge is 2.32. The van der Waals surface area contributed by atoms with Crippen LogP contribution in [0.4, 0.5) is 5.82 Å². The Balaban J connectivity index is 2.64. The molecule has 0 saturated heterocycles. The van der Waals surface area contributed by atoms with Crippen molar-refractivity contribution in [2.75, 3.05) is 19.0 Å². The molecule has 0 aliphatic rings. The normalized spacial score (nSPS) is 12.1. The Bertz CT molecular complexity index is 582. The molecule has 4 nitrogen and oxygen atoms in total. The number of rotatable bonds is 6. The summed E-state index contributed by atoms with van der Waals surface area (Å²) in [7, 11) is 1.74. The third-order valence-electron chi connectivity index (χ3n) is 3.80. The zero-order valence-corrected chi connectivity index (χ0v) is 13.7. The molecule has 5 heteroatoms. The average molecular weight is 293 g/mol. The molecule has 0 bridgehead atoms. The number of hydrogen-bond acceptors (Lipinski definition) is 5. The van der Waals surface area contributed by atoms with Crippen LogP contribution in [0.3, 0.4) is 0 Å². The molecule has 0 spiro atoms. The zero-order valence-electron chi connectivity index (χ0n) is 12.9. The molecule has 20 heavy (non-hydrogen) atoms. The molecule has 0 amide bonds. The highest BCUT2D eigenvalue weighted by atomic mass is 32.1. The fraction of sp³-hybridized carbons (Fsp3) is 0.600. The summed E-state index contributed by atoms with van der Waals surface area (Å²) in [5, 5.41) is 4.46. The first kappa shape index (κ1) is 15.2. The van der Waals surface area contributed by atoms with Crippen LogP contribution in [0.2, 0.25) is 0 Å². The predicted octanol–water partition coefficient (Wildman–Crippen LogP) is 4.09. The minimum atomic E-state index is -0.393. The van der Waals surface area contributed by atoms with Crippen molar-refractivity contribution in [2.45, 2.75) is 46.1 Å². The van der Waals surface area contributed by atoms with E-state index < -0.39 is 5.60 Å². The summed E-state index contributed by atoms with van der Waals surface area (Å²) >= 11 is 1.71. The monoisotopic (exact) mass is 293 g/mol. The van der Waals surface area contributed by atoms with Crippen molar-refractivity contribution in [3.8, 4) is 0 Å². The van der Waals surface area contributed by atoms with Gasteiger partial charge in [-0.25, -0.2) is 9.97 Å². The third kappa shape index (κ3) is 2.52. The molecule has 110 valence electrons. The van der Waals surface area contributed by atoms with Gasteiger partial charge < -0.3 is 10.1 Å². The van der Waals surface area contributed by atoms with E-state index in [-0.39, 0.29) is 0 Å². The van der Waals surface area contributed by atoms with Crippen LogP contribution >= 0.6 is 11.3 Å². The summed E-state index contributed by atoms with van der Waals surface area (Å²) in [5.74, 6) is 1.70. The van der Waals surface area contributed by atoms with Crippen molar-refractivity contribution in [1.82, 2.24) is 9.97 Å². The van der Waals surface area contributed by atoms with Gasteiger partial charge in [0.15, 0.2) is 5.82 Å². The summed E-state index contributed by atoms with van der Waals surface area (Å²) in [4.78, 5) is 11.8. The van der Waals surface area contributed by atoms with E-state index >= 15 is 0 Å². The van der Waals surface area contributed by atoms with Gasteiger partial charge in [-0.05, 0) is 32.8 Å². The number of fused-ring (bicyclic) bond motifs is 1. The van der Waals surface area contributed by atoms with Crippen LogP contribution in [0.15, 0.2) is 6.07 Å². The van der Waals surface area contributed by atoms with E-state index in [1.54, 1.807) is 18.4 Å². The molecule has 0 unspecified atom stereocenters. The number of anilines is 1. The van der Waals surface area contributed by atoms with Gasteiger partial charge in [0.05, 0.1) is 5.39 Å². The lowest BCUT2D eigenvalue weighted by Crippen LogP contribution is -2.29. The van der Waals surface area contributed by atoms with Gasteiger partial charge in [0, 0.05) is 18.5 Å². The molecule has 0 radical (unpaired) electrons. The van der Waals surface area contributed by atoms with Crippen LogP contribution in [-0.2, 0) is 10.3 Å². The minimum absolute atomic E-state index is 0.393.